The van der Waals surface area contributed by atoms with Crippen LogP contribution in [0.15, 0.2) is 4.99 Å². The molecule has 68 valence electrons. The number of guanidine groups is 1. The molecule has 12 heavy (non-hydrogen) atoms. The number of carbonyl (C=O) groups is 2. The van der Waals surface area contributed by atoms with Crippen LogP contribution in [0.25, 0.3) is 0 Å². The first-order valence-corrected chi connectivity index (χ1v) is 2.94. The minimum Gasteiger partial charge on any atom is -0.480 e. The molecule has 0 aromatic carbocycles. The van der Waals surface area contributed by atoms with Gasteiger partial charge < -0.3 is 21.3 Å². The SMILES string of the molecule is NC(N)=NC(=O)COCC(=O)O. The second-order valence-corrected chi connectivity index (χ2v) is 1.82. The fourth-order valence-electron chi connectivity index (χ4n) is 0.402. The van der Waals surface area contributed by atoms with E-state index in [1.165, 1.54) is 0 Å². The highest BCUT2D eigenvalue weighted by Crippen LogP contribution is 1.79. The summed E-state index contributed by atoms with van der Waals surface area (Å²) in [4.78, 5) is 23.5. The van der Waals surface area contributed by atoms with Gasteiger partial charge in [-0.25, -0.2) is 4.79 Å². The highest BCUT2D eigenvalue weighted by atomic mass is 16.5. The van der Waals surface area contributed by atoms with Crippen molar-refractivity contribution in [3.05, 3.63) is 0 Å². The number of amides is 1. The second kappa shape index (κ2) is 5.08. The first-order chi connectivity index (χ1) is 5.52. The van der Waals surface area contributed by atoms with E-state index < -0.39 is 25.1 Å². The Kier molecular flexibility index (Phi) is 4.39. The Bertz CT molecular complexity index is 209. The lowest BCUT2D eigenvalue weighted by Crippen LogP contribution is -2.25. The summed E-state index contributed by atoms with van der Waals surface area (Å²) in [6, 6.07) is 0. The number of carbonyl (C=O) groups excluding carboxylic acids is 1. The zero-order valence-electron chi connectivity index (χ0n) is 6.19. The van der Waals surface area contributed by atoms with E-state index in [1.54, 1.807) is 0 Å². The first kappa shape index (κ1) is 10.4. The number of aliphatic carboxylic acids is 1. The zero-order chi connectivity index (χ0) is 9.56. The molecule has 0 saturated carbocycles. The van der Waals surface area contributed by atoms with E-state index in [1.807, 2.05) is 0 Å². The number of rotatable bonds is 4. The molecule has 0 aliphatic heterocycles. The molecule has 0 aliphatic rings. The predicted octanol–water partition coefficient (Wildman–Crippen LogP) is -2.11. The number of ether oxygens (including phenoxy) is 1. The lowest BCUT2D eigenvalue weighted by molar-refractivity contribution is -0.143. The van der Waals surface area contributed by atoms with E-state index in [4.69, 9.17) is 16.6 Å². The summed E-state index contributed by atoms with van der Waals surface area (Å²) in [7, 11) is 0. The minimum atomic E-state index is -1.16. The average molecular weight is 175 g/mol. The van der Waals surface area contributed by atoms with Gasteiger partial charge in [0.25, 0.3) is 5.91 Å². The van der Waals surface area contributed by atoms with E-state index in [2.05, 4.69) is 9.73 Å². The van der Waals surface area contributed by atoms with Crippen molar-refractivity contribution in [1.82, 2.24) is 0 Å². The minimum absolute atomic E-state index is 0.376. The molecule has 0 unspecified atom stereocenters. The molecule has 0 saturated heterocycles. The van der Waals surface area contributed by atoms with Gasteiger partial charge in [0, 0.05) is 0 Å². The van der Waals surface area contributed by atoms with Crippen LogP contribution in [0.2, 0.25) is 0 Å². The first-order valence-electron chi connectivity index (χ1n) is 2.94. The van der Waals surface area contributed by atoms with Crippen molar-refractivity contribution in [2.24, 2.45) is 16.5 Å². The normalized spacial score (nSPS) is 9.00. The third kappa shape index (κ3) is 6.49. The Morgan fingerprint density at radius 2 is 1.92 bits per heavy atom. The van der Waals surface area contributed by atoms with Crippen molar-refractivity contribution < 1.29 is 19.4 Å². The number of nitrogens with zero attached hydrogens (tertiary/aromatic N) is 1. The van der Waals surface area contributed by atoms with Gasteiger partial charge in [-0.1, -0.05) is 0 Å². The monoisotopic (exact) mass is 175 g/mol. The van der Waals surface area contributed by atoms with Gasteiger partial charge in [-0.3, -0.25) is 4.79 Å². The Balaban J connectivity index is 3.59. The number of aliphatic imine (C=N–C) groups is 1. The van der Waals surface area contributed by atoms with E-state index in [0.717, 1.165) is 0 Å². The number of hydrogen-bond acceptors (Lipinski definition) is 3. The van der Waals surface area contributed by atoms with E-state index in [-0.39, 0.29) is 5.96 Å². The highest BCUT2D eigenvalue weighted by molar-refractivity contribution is 5.92. The van der Waals surface area contributed by atoms with Gasteiger partial charge in [0.05, 0.1) is 0 Å². The molecule has 1 amide bonds. The lowest BCUT2D eigenvalue weighted by Gasteiger charge is -1.95. The standard InChI is InChI=1S/C5H9N3O4/c6-5(7)8-3(9)1-12-2-4(10)11/h1-2H2,(H,10,11)(H4,6,7,8,9). The largest absolute Gasteiger partial charge is 0.480 e. The predicted molar refractivity (Wildman–Crippen MR) is 39.3 cm³/mol. The van der Waals surface area contributed by atoms with E-state index in [9.17, 15) is 9.59 Å². The van der Waals surface area contributed by atoms with Crippen LogP contribution in [-0.2, 0) is 14.3 Å². The van der Waals surface area contributed by atoms with Crippen molar-refractivity contribution in [2.75, 3.05) is 13.2 Å². The maximum atomic E-state index is 10.6. The molecule has 0 spiro atoms. The van der Waals surface area contributed by atoms with E-state index in [0.29, 0.717) is 0 Å². The van der Waals surface area contributed by atoms with Crippen LogP contribution >= 0.6 is 0 Å². The van der Waals surface area contributed by atoms with Gasteiger partial charge in [0.2, 0.25) is 0 Å². The van der Waals surface area contributed by atoms with Crippen LogP contribution in [0.1, 0.15) is 0 Å². The summed E-state index contributed by atoms with van der Waals surface area (Å²) in [6.45, 7) is -0.990. The van der Waals surface area contributed by atoms with Crippen LogP contribution in [0.5, 0.6) is 0 Å². The van der Waals surface area contributed by atoms with Crippen LogP contribution in [0.3, 0.4) is 0 Å². The van der Waals surface area contributed by atoms with Crippen molar-refractivity contribution >= 4 is 17.8 Å². The van der Waals surface area contributed by atoms with Gasteiger partial charge in [-0.15, -0.1) is 0 Å². The van der Waals surface area contributed by atoms with Crippen LogP contribution in [-0.4, -0.2) is 36.2 Å². The topological polar surface area (TPSA) is 128 Å². The van der Waals surface area contributed by atoms with Crippen LogP contribution in [0, 0.1) is 0 Å². The maximum Gasteiger partial charge on any atom is 0.329 e. The molecule has 5 N–H and O–H groups in total. The molecule has 0 atom stereocenters. The molecule has 0 aliphatic carbocycles. The van der Waals surface area contributed by atoms with Crippen LogP contribution in [0.4, 0.5) is 0 Å². The van der Waals surface area contributed by atoms with Crippen LogP contribution < -0.4 is 11.5 Å². The summed E-state index contributed by atoms with van der Waals surface area (Å²) in [6.07, 6.45) is 0. The number of hydrogen-bond donors (Lipinski definition) is 3. The molecule has 7 nitrogen and oxygen atoms in total. The fourth-order valence-corrected chi connectivity index (χ4v) is 0.402. The molecular formula is C5H9N3O4. The smallest absolute Gasteiger partial charge is 0.329 e. The lowest BCUT2D eigenvalue weighted by atomic mass is 10.6. The van der Waals surface area contributed by atoms with Crippen molar-refractivity contribution in [1.29, 1.82) is 0 Å². The molecule has 0 bridgehead atoms. The molecule has 7 heteroatoms. The Labute approximate surface area is 68.0 Å². The van der Waals surface area contributed by atoms with Crippen molar-refractivity contribution in [3.8, 4) is 0 Å². The summed E-state index contributed by atoms with van der Waals surface area (Å²) in [5, 5.41) is 8.09. The number of nitrogens with two attached hydrogens (primary N) is 2. The highest BCUT2D eigenvalue weighted by Gasteiger charge is 2.01. The summed E-state index contributed by atoms with van der Waals surface area (Å²) in [5.41, 5.74) is 9.72. The molecule has 0 radical (unpaired) electrons. The second-order valence-electron chi connectivity index (χ2n) is 1.82. The molecular weight excluding hydrogens is 166 g/mol. The Hall–Kier alpha value is -1.63. The van der Waals surface area contributed by atoms with Crippen molar-refractivity contribution in [3.63, 3.8) is 0 Å². The number of carboxylic acids is 1. The molecule has 0 aromatic heterocycles. The van der Waals surface area contributed by atoms with Gasteiger partial charge >= 0.3 is 5.97 Å². The third-order valence-corrected chi connectivity index (χ3v) is 0.705. The fraction of sp³-hybridized carbons (Fsp3) is 0.400. The Morgan fingerprint density at radius 3 is 2.33 bits per heavy atom. The third-order valence-electron chi connectivity index (χ3n) is 0.705. The van der Waals surface area contributed by atoms with Gasteiger partial charge in [0.1, 0.15) is 13.2 Å². The summed E-state index contributed by atoms with van der Waals surface area (Å²) in [5.74, 6) is -2.25. The van der Waals surface area contributed by atoms with Gasteiger partial charge in [-0.2, -0.15) is 4.99 Å². The summed E-state index contributed by atoms with van der Waals surface area (Å²) >= 11 is 0. The molecule has 0 rings (SSSR count). The van der Waals surface area contributed by atoms with E-state index >= 15 is 0 Å². The number of carboxylic acid groups (broad SMARTS) is 1. The van der Waals surface area contributed by atoms with Gasteiger partial charge in [-0.05, 0) is 0 Å². The van der Waals surface area contributed by atoms with Crippen molar-refractivity contribution in [2.45, 2.75) is 0 Å². The Morgan fingerprint density at radius 1 is 1.33 bits per heavy atom. The quantitative estimate of drug-likeness (QED) is 0.331. The zero-order valence-corrected chi connectivity index (χ0v) is 6.19. The molecule has 0 aromatic rings. The molecule has 0 fully saturated rings. The van der Waals surface area contributed by atoms with Gasteiger partial charge in [0.15, 0.2) is 5.96 Å². The maximum absolute atomic E-state index is 10.6. The molecule has 0 heterocycles. The average Bonchev–Trinajstić information content (AvgIpc) is 1.84. The summed E-state index contributed by atoms with van der Waals surface area (Å²) < 4.78 is 4.39.